The molecule has 1 heteroatoms. The van der Waals surface area contributed by atoms with Crippen molar-refractivity contribution in [1.29, 1.82) is 0 Å². The lowest BCUT2D eigenvalue weighted by Crippen LogP contribution is -1.81. The lowest BCUT2D eigenvalue weighted by atomic mass is 10.1. The van der Waals surface area contributed by atoms with E-state index in [4.69, 9.17) is 0 Å². The summed E-state index contributed by atoms with van der Waals surface area (Å²) in [5.74, 6) is 0. The number of hydrogen-bond acceptors (Lipinski definition) is 0. The first-order valence-electron chi connectivity index (χ1n) is 4.98. The van der Waals surface area contributed by atoms with Crippen LogP contribution in [0.4, 0.5) is 0 Å². The Bertz CT molecular complexity index is 549. The van der Waals surface area contributed by atoms with Crippen molar-refractivity contribution >= 4 is 16.5 Å². The highest BCUT2D eigenvalue weighted by atomic mass is 14.7. The second kappa shape index (κ2) is 3.23. The zero-order valence-electron chi connectivity index (χ0n) is 8.20. The van der Waals surface area contributed by atoms with Gasteiger partial charge in [0.15, 0.2) is 0 Å². The predicted molar refractivity (Wildman–Crippen MR) is 63.2 cm³/mol. The van der Waals surface area contributed by atoms with Crippen LogP contribution in [0.2, 0.25) is 0 Å². The van der Waals surface area contributed by atoms with Crippen molar-refractivity contribution in [3.8, 4) is 0 Å². The highest BCUT2D eigenvalue weighted by molar-refractivity contribution is 5.87. The van der Waals surface area contributed by atoms with Crippen LogP contribution in [0.25, 0.3) is 16.5 Å². The van der Waals surface area contributed by atoms with Crippen LogP contribution in [0, 0.1) is 6.08 Å². The SMILES string of the molecule is [C+]1=CC=C(c2cc3ccccc3[nH]2)C=C1. The van der Waals surface area contributed by atoms with E-state index in [1.807, 2.05) is 18.2 Å². The molecule has 0 bridgehead atoms. The Labute approximate surface area is 88.4 Å². The third kappa shape index (κ3) is 1.39. The first kappa shape index (κ1) is 8.22. The number of H-pyrrole nitrogens is 1. The molecule has 0 radical (unpaired) electrons. The number of allylic oxidation sites excluding steroid dienone is 6. The van der Waals surface area contributed by atoms with Crippen molar-refractivity contribution < 1.29 is 0 Å². The van der Waals surface area contributed by atoms with Crippen molar-refractivity contribution in [2.24, 2.45) is 0 Å². The van der Waals surface area contributed by atoms with Crippen molar-refractivity contribution in [2.75, 3.05) is 0 Å². The molecule has 1 N–H and O–H groups in total. The van der Waals surface area contributed by atoms with Crippen LogP contribution in [0.3, 0.4) is 0 Å². The molecule has 0 saturated carbocycles. The van der Waals surface area contributed by atoms with Crippen molar-refractivity contribution in [2.45, 2.75) is 0 Å². The van der Waals surface area contributed by atoms with E-state index in [-0.39, 0.29) is 0 Å². The standard InChI is InChI=1S/C14H10N/c1-2-6-11(7-3-1)14-10-12-8-4-5-9-13(12)15-14/h2-10,15H/q+1. The maximum absolute atomic E-state index is 3.40. The average Bonchev–Trinajstić information content (AvgIpc) is 2.74. The Morgan fingerprint density at radius 1 is 1.13 bits per heavy atom. The molecule has 1 heterocycles. The van der Waals surface area contributed by atoms with E-state index in [1.54, 1.807) is 0 Å². The van der Waals surface area contributed by atoms with Gasteiger partial charge in [0.1, 0.15) is 17.7 Å². The molecule has 0 atom stereocenters. The van der Waals surface area contributed by atoms with Crippen LogP contribution < -0.4 is 0 Å². The van der Waals surface area contributed by atoms with Gasteiger partial charge in [-0.15, -0.1) is 0 Å². The number of aromatic amines is 1. The van der Waals surface area contributed by atoms with Gasteiger partial charge in [0.05, 0.1) is 17.8 Å². The quantitative estimate of drug-likeness (QED) is 0.666. The zero-order valence-corrected chi connectivity index (χ0v) is 8.20. The fourth-order valence-electron chi connectivity index (χ4n) is 1.80. The third-order valence-corrected chi connectivity index (χ3v) is 2.56. The molecule has 15 heavy (non-hydrogen) atoms. The molecular weight excluding hydrogens is 182 g/mol. The minimum Gasteiger partial charge on any atom is -0.353 e. The van der Waals surface area contributed by atoms with Gasteiger partial charge in [-0.1, -0.05) is 18.2 Å². The molecule has 1 nitrogen and oxygen atoms in total. The van der Waals surface area contributed by atoms with Crippen molar-refractivity contribution in [1.82, 2.24) is 4.98 Å². The monoisotopic (exact) mass is 192 g/mol. The maximum Gasteiger partial charge on any atom is 0.109 e. The Morgan fingerprint density at radius 2 is 2.07 bits per heavy atom. The summed E-state index contributed by atoms with van der Waals surface area (Å²) in [6.07, 6.45) is 11.0. The number of benzene rings is 1. The normalized spacial score (nSPS) is 14.0. The zero-order chi connectivity index (χ0) is 10.1. The molecule has 0 amide bonds. The molecule has 1 aliphatic carbocycles. The van der Waals surface area contributed by atoms with E-state index in [0.29, 0.717) is 0 Å². The van der Waals surface area contributed by atoms with Gasteiger partial charge in [-0.3, -0.25) is 0 Å². The first-order chi connectivity index (χ1) is 7.43. The molecule has 0 aliphatic heterocycles. The second-order valence-corrected chi connectivity index (χ2v) is 3.56. The summed E-state index contributed by atoms with van der Waals surface area (Å²) in [6, 6.07) is 10.5. The van der Waals surface area contributed by atoms with Crippen LogP contribution in [-0.2, 0) is 0 Å². The smallest absolute Gasteiger partial charge is 0.109 e. The number of hydrogen-bond donors (Lipinski definition) is 1. The Kier molecular flexibility index (Phi) is 1.77. The summed E-state index contributed by atoms with van der Waals surface area (Å²) in [5.41, 5.74) is 3.54. The second-order valence-electron chi connectivity index (χ2n) is 3.56. The van der Waals surface area contributed by atoms with Crippen LogP contribution >= 0.6 is 0 Å². The van der Waals surface area contributed by atoms with E-state index in [9.17, 15) is 0 Å². The van der Waals surface area contributed by atoms with Crippen molar-refractivity contribution in [3.05, 3.63) is 66.4 Å². The summed E-state index contributed by atoms with van der Waals surface area (Å²) < 4.78 is 0. The van der Waals surface area contributed by atoms with Gasteiger partial charge in [-0.05, 0) is 12.1 Å². The molecule has 0 fully saturated rings. The minimum atomic E-state index is 1.16. The minimum absolute atomic E-state index is 1.16. The van der Waals surface area contributed by atoms with Crippen LogP contribution in [0.15, 0.2) is 54.6 Å². The molecule has 0 spiro atoms. The van der Waals surface area contributed by atoms with Gasteiger partial charge < -0.3 is 4.98 Å². The Morgan fingerprint density at radius 3 is 2.87 bits per heavy atom. The number of nitrogens with one attached hydrogen (secondary N) is 1. The fourth-order valence-corrected chi connectivity index (χ4v) is 1.80. The molecule has 70 valence electrons. The van der Waals surface area contributed by atoms with Crippen LogP contribution in [-0.4, -0.2) is 4.98 Å². The van der Waals surface area contributed by atoms with Gasteiger partial charge in [0.2, 0.25) is 0 Å². The first-order valence-corrected chi connectivity index (χ1v) is 4.98. The maximum atomic E-state index is 3.40. The van der Waals surface area contributed by atoms with E-state index in [2.05, 4.69) is 47.5 Å². The lowest BCUT2D eigenvalue weighted by Gasteiger charge is -1.91. The van der Waals surface area contributed by atoms with Gasteiger partial charge in [-0.25, -0.2) is 0 Å². The van der Waals surface area contributed by atoms with Crippen LogP contribution in [0.5, 0.6) is 0 Å². The van der Waals surface area contributed by atoms with Gasteiger partial charge in [-0.2, -0.15) is 0 Å². The largest absolute Gasteiger partial charge is 0.353 e. The summed E-state index contributed by atoms with van der Waals surface area (Å²) in [7, 11) is 0. The number of aromatic nitrogens is 1. The summed E-state index contributed by atoms with van der Waals surface area (Å²) in [5, 5.41) is 1.25. The molecule has 3 rings (SSSR count). The number of rotatable bonds is 1. The predicted octanol–water partition coefficient (Wildman–Crippen LogP) is 3.48. The summed E-state index contributed by atoms with van der Waals surface area (Å²) >= 11 is 0. The topological polar surface area (TPSA) is 15.8 Å². The highest BCUT2D eigenvalue weighted by Gasteiger charge is 2.08. The Hall–Kier alpha value is -2.11. The lowest BCUT2D eigenvalue weighted by molar-refractivity contribution is 1.40. The van der Waals surface area contributed by atoms with E-state index < -0.39 is 0 Å². The molecule has 1 aromatic heterocycles. The van der Waals surface area contributed by atoms with E-state index >= 15 is 0 Å². The average molecular weight is 192 g/mol. The molecule has 2 aromatic rings. The summed E-state index contributed by atoms with van der Waals surface area (Å²) in [6.45, 7) is 0. The number of para-hydroxylation sites is 1. The highest BCUT2D eigenvalue weighted by Crippen LogP contribution is 2.22. The van der Waals surface area contributed by atoms with E-state index in [0.717, 1.165) is 5.69 Å². The molecule has 0 unspecified atom stereocenters. The molecule has 1 aromatic carbocycles. The molecular formula is C14H10N+. The van der Waals surface area contributed by atoms with Crippen molar-refractivity contribution in [3.63, 3.8) is 0 Å². The van der Waals surface area contributed by atoms with Gasteiger partial charge >= 0.3 is 0 Å². The number of fused-ring (bicyclic) bond motifs is 1. The Balaban J connectivity index is 2.16. The summed E-state index contributed by atoms with van der Waals surface area (Å²) in [4.78, 5) is 3.40. The van der Waals surface area contributed by atoms with E-state index in [1.165, 1.54) is 16.5 Å². The van der Waals surface area contributed by atoms with Crippen LogP contribution in [0.1, 0.15) is 5.69 Å². The van der Waals surface area contributed by atoms with Gasteiger partial charge in [0, 0.05) is 17.0 Å². The molecule has 0 saturated heterocycles. The molecule has 1 aliphatic rings. The fraction of sp³-hybridized carbons (Fsp3) is 0. The third-order valence-electron chi connectivity index (χ3n) is 2.56. The van der Waals surface area contributed by atoms with Gasteiger partial charge in [0.25, 0.3) is 0 Å².